The number of hydrogen-bond acceptors (Lipinski definition) is 10. The summed E-state index contributed by atoms with van der Waals surface area (Å²) in [4.78, 5) is 41.5. The second-order valence-corrected chi connectivity index (χ2v) is 12.5. The Morgan fingerprint density at radius 2 is 1.55 bits per heavy atom. The van der Waals surface area contributed by atoms with Gasteiger partial charge in [-0.1, -0.05) is 0 Å². The molecule has 3 fully saturated rings. The van der Waals surface area contributed by atoms with E-state index in [2.05, 4.69) is 27.4 Å². The summed E-state index contributed by atoms with van der Waals surface area (Å²) in [5.74, 6) is 1.40. The molecule has 7 rings (SSSR count). The number of rotatable bonds is 7. The first kappa shape index (κ1) is 32.6. The largest absolute Gasteiger partial charge is 0.450 e. The number of nitrogens with one attached hydrogen (secondary N) is 2. The second kappa shape index (κ2) is 14.7. The van der Waals surface area contributed by atoms with Gasteiger partial charge in [-0.3, -0.25) is 0 Å². The lowest BCUT2D eigenvalue weighted by Crippen LogP contribution is -2.44. The predicted octanol–water partition coefficient (Wildman–Crippen LogP) is 4.99. The van der Waals surface area contributed by atoms with Crippen LogP contribution in [0.15, 0.2) is 54.7 Å². The van der Waals surface area contributed by atoms with Crippen LogP contribution in [0.4, 0.5) is 32.5 Å². The van der Waals surface area contributed by atoms with Crippen LogP contribution in [-0.2, 0) is 14.2 Å². The lowest BCUT2D eigenvalue weighted by molar-refractivity contribution is 0.0919. The van der Waals surface area contributed by atoms with Crippen LogP contribution in [0.3, 0.4) is 0 Å². The summed E-state index contributed by atoms with van der Waals surface area (Å²) < 4.78 is 18.4. The van der Waals surface area contributed by atoms with E-state index in [9.17, 15) is 9.59 Å². The van der Waals surface area contributed by atoms with Crippen LogP contribution >= 0.6 is 0 Å². The Balaban J connectivity index is 1.09. The fourth-order valence-corrected chi connectivity index (χ4v) is 6.65. The summed E-state index contributed by atoms with van der Waals surface area (Å²) in [6.07, 6.45) is 3.08. The predicted molar refractivity (Wildman–Crippen MR) is 187 cm³/mol. The van der Waals surface area contributed by atoms with E-state index in [4.69, 9.17) is 29.3 Å². The molecule has 2 aromatic carbocycles. The van der Waals surface area contributed by atoms with Crippen molar-refractivity contribution in [3.63, 3.8) is 0 Å². The Kier molecular flexibility index (Phi) is 9.75. The van der Waals surface area contributed by atoms with E-state index >= 15 is 0 Å². The molecule has 2 aromatic heterocycles. The van der Waals surface area contributed by atoms with Crippen molar-refractivity contribution in [2.45, 2.75) is 38.8 Å². The maximum Gasteiger partial charge on any atom is 0.409 e. The highest BCUT2D eigenvalue weighted by Crippen LogP contribution is 2.33. The van der Waals surface area contributed by atoms with E-state index < -0.39 is 0 Å². The Labute approximate surface area is 285 Å². The molecule has 14 heteroatoms. The third-order valence-corrected chi connectivity index (χ3v) is 9.31. The number of piperidine rings is 1. The number of amides is 3. The monoisotopic (exact) mass is 669 g/mol. The first-order valence-corrected chi connectivity index (χ1v) is 17.1. The van der Waals surface area contributed by atoms with Crippen LogP contribution in [0.25, 0.3) is 22.4 Å². The molecule has 49 heavy (non-hydrogen) atoms. The third-order valence-electron chi connectivity index (χ3n) is 9.31. The zero-order chi connectivity index (χ0) is 33.7. The summed E-state index contributed by atoms with van der Waals surface area (Å²) >= 11 is 0. The van der Waals surface area contributed by atoms with Crippen molar-refractivity contribution < 1.29 is 23.8 Å². The second-order valence-electron chi connectivity index (χ2n) is 12.5. The molecule has 3 amide bonds. The van der Waals surface area contributed by atoms with Gasteiger partial charge in [0.05, 0.1) is 56.7 Å². The van der Waals surface area contributed by atoms with Gasteiger partial charge < -0.3 is 39.5 Å². The number of aromatic nitrogens is 4. The van der Waals surface area contributed by atoms with Crippen molar-refractivity contribution in [1.29, 1.82) is 0 Å². The molecule has 4 aromatic rings. The summed E-state index contributed by atoms with van der Waals surface area (Å²) in [5, 5.41) is 11.5. The zero-order valence-corrected chi connectivity index (χ0v) is 28.0. The third kappa shape index (κ3) is 7.25. The molecule has 0 spiro atoms. The van der Waals surface area contributed by atoms with Gasteiger partial charge >= 0.3 is 12.1 Å². The highest BCUT2D eigenvalue weighted by molar-refractivity contribution is 6.00. The van der Waals surface area contributed by atoms with Crippen LogP contribution in [0, 0.1) is 0 Å². The number of carbonyl (C=O) groups is 2. The number of hydrogen-bond donors (Lipinski definition) is 2. The van der Waals surface area contributed by atoms with Gasteiger partial charge in [-0.15, -0.1) is 0 Å². The Bertz CT molecular complexity index is 1750. The van der Waals surface area contributed by atoms with Crippen molar-refractivity contribution >= 4 is 46.0 Å². The number of morpholine rings is 2. The lowest BCUT2D eigenvalue weighted by atomic mass is 10.1. The number of fused-ring (bicyclic) bond motifs is 1. The van der Waals surface area contributed by atoms with E-state index in [0.717, 1.165) is 67.2 Å². The summed E-state index contributed by atoms with van der Waals surface area (Å²) in [6.45, 7) is 10.6. The van der Waals surface area contributed by atoms with Gasteiger partial charge in [0.25, 0.3) is 0 Å². The average Bonchev–Trinajstić information content (AvgIpc) is 3.57. The molecule has 0 bridgehead atoms. The number of likely N-dealkylation sites (tertiary alicyclic amines) is 1. The first-order chi connectivity index (χ1) is 24.0. The van der Waals surface area contributed by atoms with Crippen LogP contribution in [-0.4, -0.2) is 109 Å². The molecule has 2 N–H and O–H groups in total. The average molecular weight is 670 g/mol. The molecular weight excluding hydrogens is 626 g/mol. The molecule has 258 valence electrons. The molecule has 5 heterocycles. The molecular formula is C35H43N9O5. The van der Waals surface area contributed by atoms with E-state index in [1.165, 1.54) is 0 Å². The molecule has 0 aliphatic carbocycles. The van der Waals surface area contributed by atoms with Gasteiger partial charge in [-0.2, -0.15) is 5.10 Å². The molecule has 14 nitrogen and oxygen atoms in total. The van der Waals surface area contributed by atoms with Crippen molar-refractivity contribution in [2.75, 3.05) is 86.2 Å². The molecule has 0 saturated carbocycles. The number of carbonyl (C=O) groups excluding carboxylic acids is 2. The molecule has 3 aliphatic rings. The minimum atomic E-state index is -0.328. The van der Waals surface area contributed by atoms with Gasteiger partial charge in [-0.25, -0.2) is 24.2 Å². The van der Waals surface area contributed by atoms with Crippen LogP contribution in [0.1, 0.15) is 32.7 Å². The number of benzene rings is 2. The Morgan fingerprint density at radius 1 is 0.878 bits per heavy atom. The van der Waals surface area contributed by atoms with Crippen molar-refractivity contribution in [3.8, 4) is 11.4 Å². The van der Waals surface area contributed by atoms with Crippen molar-refractivity contribution in [2.24, 2.45) is 0 Å². The van der Waals surface area contributed by atoms with E-state index in [1.807, 2.05) is 66.3 Å². The standard InChI is InChI=1S/C35H43N9O5/c1-3-49-35(46)42-14-12-29(13-15-42)44-33-30(22-36-44)32(43-18-21-48-23-24(43)2)39-31(40-33)25-4-6-26(7-5-25)37-34(45)38-27-8-10-28(11-9-27)41-16-19-47-20-17-41/h4-11,22,24,29H,3,12-21,23H2,1-2H3,(H2,37,38,45)/t24-/m0/s1. The first-order valence-electron chi connectivity index (χ1n) is 17.1. The van der Waals surface area contributed by atoms with Gasteiger partial charge in [0, 0.05) is 55.3 Å². The van der Waals surface area contributed by atoms with Crippen LogP contribution < -0.4 is 20.4 Å². The van der Waals surface area contributed by atoms with Crippen molar-refractivity contribution in [1.82, 2.24) is 24.6 Å². The van der Waals surface area contributed by atoms with Gasteiger partial charge in [0.2, 0.25) is 0 Å². The maximum atomic E-state index is 12.8. The highest BCUT2D eigenvalue weighted by atomic mass is 16.6. The molecule has 3 aliphatic heterocycles. The van der Waals surface area contributed by atoms with E-state index in [0.29, 0.717) is 56.7 Å². The fourth-order valence-electron chi connectivity index (χ4n) is 6.65. The summed E-state index contributed by atoms with van der Waals surface area (Å²) in [6, 6.07) is 15.3. The number of ether oxygens (including phenoxy) is 3. The van der Waals surface area contributed by atoms with Gasteiger partial charge in [0.15, 0.2) is 11.5 Å². The smallest absolute Gasteiger partial charge is 0.409 e. The molecule has 1 atom stereocenters. The van der Waals surface area contributed by atoms with Crippen LogP contribution in [0.2, 0.25) is 0 Å². The minimum absolute atomic E-state index is 0.0848. The summed E-state index contributed by atoms with van der Waals surface area (Å²) in [5.41, 5.74) is 4.04. The van der Waals surface area contributed by atoms with Crippen LogP contribution in [0.5, 0.6) is 0 Å². The van der Waals surface area contributed by atoms with Gasteiger partial charge in [-0.05, 0) is 75.2 Å². The molecule has 0 unspecified atom stereocenters. The number of nitrogens with zero attached hydrogens (tertiary/aromatic N) is 7. The van der Waals surface area contributed by atoms with E-state index in [1.54, 1.807) is 4.90 Å². The normalized spacial score (nSPS) is 18.8. The fraction of sp³-hybridized carbons (Fsp3) is 0.457. The molecule has 3 saturated heterocycles. The quantitative estimate of drug-likeness (QED) is 0.277. The SMILES string of the molecule is CCOC(=O)N1CCC(n2ncc3c(N4CCOC[C@@H]4C)nc(-c4ccc(NC(=O)Nc5ccc(N6CCOCC6)cc5)cc4)nc32)CC1. The maximum absolute atomic E-state index is 12.8. The Morgan fingerprint density at radius 3 is 2.22 bits per heavy atom. The number of anilines is 4. The zero-order valence-electron chi connectivity index (χ0n) is 28.0. The lowest BCUT2D eigenvalue weighted by Gasteiger charge is -2.34. The molecule has 0 radical (unpaired) electrons. The summed E-state index contributed by atoms with van der Waals surface area (Å²) in [7, 11) is 0. The topological polar surface area (TPSA) is 139 Å². The minimum Gasteiger partial charge on any atom is -0.450 e. The van der Waals surface area contributed by atoms with E-state index in [-0.39, 0.29) is 24.2 Å². The van der Waals surface area contributed by atoms with Gasteiger partial charge in [0.1, 0.15) is 5.82 Å². The number of urea groups is 1. The van der Waals surface area contributed by atoms with Crippen molar-refractivity contribution in [3.05, 3.63) is 54.7 Å². The highest BCUT2D eigenvalue weighted by Gasteiger charge is 2.29. The Hall–Kier alpha value is -4.95.